The zero-order valence-corrected chi connectivity index (χ0v) is 14.3. The molecule has 2 fully saturated rings. The van der Waals surface area contributed by atoms with Crippen LogP contribution in [0.2, 0.25) is 0 Å². The first kappa shape index (κ1) is 18.2. The molecule has 4 nitrogen and oxygen atoms in total. The maximum absolute atomic E-state index is 13.7. The Balaban J connectivity index is 0.00000192. The van der Waals surface area contributed by atoms with Crippen molar-refractivity contribution in [2.24, 2.45) is 17.6 Å². The Morgan fingerprint density at radius 2 is 2.09 bits per heavy atom. The first-order valence-electron chi connectivity index (χ1n) is 8.00. The number of hydrogen-bond donors (Lipinski definition) is 1. The van der Waals surface area contributed by atoms with Gasteiger partial charge in [-0.1, -0.05) is 18.2 Å². The second-order valence-corrected chi connectivity index (χ2v) is 6.70. The Hall–Kier alpha value is -1.17. The maximum atomic E-state index is 13.7. The molecule has 1 amide bonds. The summed E-state index contributed by atoms with van der Waals surface area (Å²) >= 11 is 0. The lowest BCUT2D eigenvalue weighted by Gasteiger charge is -2.23. The van der Waals surface area contributed by atoms with Crippen molar-refractivity contribution in [3.05, 3.63) is 35.6 Å². The Bertz CT molecular complexity index is 556. The van der Waals surface area contributed by atoms with Crippen LogP contribution in [0.5, 0.6) is 0 Å². The number of likely N-dealkylation sites (N-methyl/N-ethyl adjacent to an activating group) is 1. The zero-order chi connectivity index (χ0) is 15.7. The van der Waals surface area contributed by atoms with E-state index in [1.807, 2.05) is 0 Å². The molecule has 0 bridgehead atoms. The summed E-state index contributed by atoms with van der Waals surface area (Å²) in [6.45, 7) is 2.61. The van der Waals surface area contributed by atoms with Gasteiger partial charge < -0.3 is 10.6 Å². The van der Waals surface area contributed by atoms with Crippen molar-refractivity contribution in [1.82, 2.24) is 9.80 Å². The zero-order valence-electron chi connectivity index (χ0n) is 13.5. The fourth-order valence-corrected chi connectivity index (χ4v) is 3.81. The van der Waals surface area contributed by atoms with Crippen LogP contribution in [0.15, 0.2) is 24.3 Å². The van der Waals surface area contributed by atoms with Gasteiger partial charge in [-0.3, -0.25) is 9.69 Å². The van der Waals surface area contributed by atoms with E-state index in [-0.39, 0.29) is 24.1 Å². The number of halogens is 2. The van der Waals surface area contributed by atoms with E-state index in [0.29, 0.717) is 36.5 Å². The first-order valence-corrected chi connectivity index (χ1v) is 8.00. The smallest absolute Gasteiger partial charge is 0.236 e. The van der Waals surface area contributed by atoms with Crippen LogP contribution < -0.4 is 5.73 Å². The summed E-state index contributed by atoms with van der Waals surface area (Å²) < 4.78 is 13.7. The number of carbonyl (C=O) groups excluding carboxylic acids is 1. The highest BCUT2D eigenvalue weighted by molar-refractivity contribution is 5.85. The summed E-state index contributed by atoms with van der Waals surface area (Å²) in [5.74, 6) is 0.977. The fourth-order valence-electron chi connectivity index (χ4n) is 3.81. The molecule has 1 aliphatic carbocycles. The van der Waals surface area contributed by atoms with E-state index in [1.165, 1.54) is 12.5 Å². The molecule has 0 spiro atoms. The van der Waals surface area contributed by atoms with Crippen LogP contribution >= 0.6 is 12.4 Å². The van der Waals surface area contributed by atoms with Crippen molar-refractivity contribution in [3.8, 4) is 0 Å². The van der Waals surface area contributed by atoms with E-state index in [0.717, 1.165) is 19.5 Å². The van der Waals surface area contributed by atoms with Crippen LogP contribution in [0.1, 0.15) is 18.4 Å². The van der Waals surface area contributed by atoms with Gasteiger partial charge >= 0.3 is 0 Å². The predicted octanol–water partition coefficient (Wildman–Crippen LogP) is 1.88. The van der Waals surface area contributed by atoms with E-state index in [2.05, 4.69) is 4.90 Å². The minimum absolute atomic E-state index is 0. The third-order valence-corrected chi connectivity index (χ3v) is 5.14. The standard InChI is InChI=1S/C17H24FN3O.ClH/c1-20(8-13-4-2-3-5-15(13)18)17(22)11-21-9-12-6-7-16(19)14(12)10-21;/h2-5,12,14,16H,6-11,19H2,1H3;1H. The number of nitrogens with zero attached hydrogens (tertiary/aromatic N) is 2. The molecule has 1 heterocycles. The van der Waals surface area contributed by atoms with Gasteiger partial charge in [0.15, 0.2) is 0 Å². The monoisotopic (exact) mass is 341 g/mol. The molecular formula is C17H25ClFN3O. The summed E-state index contributed by atoms with van der Waals surface area (Å²) in [5.41, 5.74) is 6.68. The van der Waals surface area contributed by atoms with Crippen LogP contribution in [0.25, 0.3) is 0 Å². The number of carbonyl (C=O) groups is 1. The molecule has 1 saturated heterocycles. The van der Waals surface area contributed by atoms with Crippen molar-refractivity contribution in [1.29, 1.82) is 0 Å². The van der Waals surface area contributed by atoms with Crippen molar-refractivity contribution >= 4 is 18.3 Å². The second kappa shape index (κ2) is 7.60. The van der Waals surface area contributed by atoms with Crippen LogP contribution in [0.3, 0.4) is 0 Å². The van der Waals surface area contributed by atoms with Crippen molar-refractivity contribution < 1.29 is 9.18 Å². The van der Waals surface area contributed by atoms with Crippen molar-refractivity contribution in [2.45, 2.75) is 25.4 Å². The molecule has 1 aromatic rings. The molecule has 3 atom stereocenters. The van der Waals surface area contributed by atoms with E-state index < -0.39 is 0 Å². The second-order valence-electron chi connectivity index (χ2n) is 6.70. The largest absolute Gasteiger partial charge is 0.340 e. The third kappa shape index (κ3) is 4.03. The van der Waals surface area contributed by atoms with Crippen LogP contribution in [-0.2, 0) is 11.3 Å². The van der Waals surface area contributed by atoms with Gasteiger partial charge in [-0.15, -0.1) is 12.4 Å². The number of fused-ring (bicyclic) bond motifs is 1. The highest BCUT2D eigenvalue weighted by Crippen LogP contribution is 2.36. The molecule has 3 unspecified atom stereocenters. The van der Waals surface area contributed by atoms with Gasteiger partial charge in [0, 0.05) is 38.3 Å². The normalized spacial score (nSPS) is 26.7. The quantitative estimate of drug-likeness (QED) is 0.909. The number of hydrogen-bond acceptors (Lipinski definition) is 3. The SMILES string of the molecule is CN(Cc1ccccc1F)C(=O)CN1CC2CCC(N)C2C1.Cl. The lowest BCUT2D eigenvalue weighted by molar-refractivity contribution is -0.131. The van der Waals surface area contributed by atoms with Crippen molar-refractivity contribution in [3.63, 3.8) is 0 Å². The van der Waals surface area contributed by atoms with Crippen LogP contribution in [0, 0.1) is 17.7 Å². The lowest BCUT2D eigenvalue weighted by atomic mass is 9.98. The van der Waals surface area contributed by atoms with Gasteiger partial charge in [0.25, 0.3) is 0 Å². The van der Waals surface area contributed by atoms with Gasteiger partial charge in [-0.25, -0.2) is 4.39 Å². The molecule has 1 saturated carbocycles. The van der Waals surface area contributed by atoms with Gasteiger partial charge in [0.1, 0.15) is 5.82 Å². The van der Waals surface area contributed by atoms with E-state index in [1.54, 1.807) is 30.1 Å². The molecule has 2 N–H and O–H groups in total. The predicted molar refractivity (Wildman–Crippen MR) is 90.8 cm³/mol. The van der Waals surface area contributed by atoms with Gasteiger partial charge in [0.05, 0.1) is 6.54 Å². The highest BCUT2D eigenvalue weighted by atomic mass is 35.5. The highest BCUT2D eigenvalue weighted by Gasteiger charge is 2.41. The van der Waals surface area contributed by atoms with Gasteiger partial charge in [-0.05, 0) is 30.7 Å². The first-order chi connectivity index (χ1) is 10.5. The van der Waals surface area contributed by atoms with Gasteiger partial charge in [-0.2, -0.15) is 0 Å². The van der Waals surface area contributed by atoms with E-state index >= 15 is 0 Å². The topological polar surface area (TPSA) is 49.6 Å². The number of likely N-dealkylation sites (tertiary alicyclic amines) is 1. The molecule has 3 rings (SSSR count). The number of benzene rings is 1. The van der Waals surface area contributed by atoms with E-state index in [4.69, 9.17) is 5.73 Å². The summed E-state index contributed by atoms with van der Waals surface area (Å²) in [4.78, 5) is 16.2. The molecule has 2 aliphatic rings. The number of nitrogens with two attached hydrogens (primary N) is 1. The molecule has 0 aromatic heterocycles. The summed E-state index contributed by atoms with van der Waals surface area (Å²) in [6.07, 6.45) is 2.30. The Kier molecular flexibility index (Phi) is 6.00. The Labute approximate surface area is 143 Å². The molecule has 23 heavy (non-hydrogen) atoms. The van der Waals surface area contributed by atoms with Crippen LogP contribution in [0.4, 0.5) is 4.39 Å². The Morgan fingerprint density at radius 1 is 1.35 bits per heavy atom. The van der Waals surface area contributed by atoms with Gasteiger partial charge in [0.2, 0.25) is 5.91 Å². The third-order valence-electron chi connectivity index (χ3n) is 5.14. The molecule has 6 heteroatoms. The van der Waals surface area contributed by atoms with E-state index in [9.17, 15) is 9.18 Å². The molecule has 128 valence electrons. The molecular weight excluding hydrogens is 317 g/mol. The fraction of sp³-hybridized carbons (Fsp3) is 0.588. The summed E-state index contributed by atoms with van der Waals surface area (Å²) in [5, 5.41) is 0. The summed E-state index contributed by atoms with van der Waals surface area (Å²) in [6, 6.07) is 6.89. The maximum Gasteiger partial charge on any atom is 0.236 e. The van der Waals surface area contributed by atoms with Crippen LogP contribution in [-0.4, -0.2) is 48.4 Å². The number of rotatable bonds is 4. The average Bonchev–Trinajstić information content (AvgIpc) is 3.03. The molecule has 1 aromatic carbocycles. The number of amides is 1. The lowest BCUT2D eigenvalue weighted by Crippen LogP contribution is -2.38. The minimum atomic E-state index is -0.260. The Morgan fingerprint density at radius 3 is 2.78 bits per heavy atom. The molecule has 1 aliphatic heterocycles. The average molecular weight is 342 g/mol. The van der Waals surface area contributed by atoms with Crippen molar-refractivity contribution in [2.75, 3.05) is 26.7 Å². The minimum Gasteiger partial charge on any atom is -0.340 e. The summed E-state index contributed by atoms with van der Waals surface area (Å²) in [7, 11) is 1.73. The molecule has 0 radical (unpaired) electrons.